The number of amides is 2. The van der Waals surface area contributed by atoms with Crippen molar-refractivity contribution in [2.45, 2.75) is 19.5 Å². The van der Waals surface area contributed by atoms with Gasteiger partial charge >= 0.3 is 0 Å². The van der Waals surface area contributed by atoms with Gasteiger partial charge in [-0.1, -0.05) is 42.5 Å². The number of furan rings is 1. The number of rotatable bonds is 7. The minimum absolute atomic E-state index is 0.246. The van der Waals surface area contributed by atoms with Gasteiger partial charge in [-0.25, -0.2) is 0 Å². The summed E-state index contributed by atoms with van der Waals surface area (Å²) in [4.78, 5) is 26.6. The van der Waals surface area contributed by atoms with Crippen LogP contribution in [-0.4, -0.2) is 32.0 Å². The predicted molar refractivity (Wildman–Crippen MR) is 113 cm³/mol. The molecule has 0 fully saturated rings. The molecule has 156 valence electrons. The van der Waals surface area contributed by atoms with Gasteiger partial charge < -0.3 is 15.1 Å². The van der Waals surface area contributed by atoms with E-state index in [1.54, 1.807) is 49.6 Å². The van der Waals surface area contributed by atoms with E-state index in [0.717, 1.165) is 5.56 Å². The number of anilines is 1. The molecule has 2 amide bonds. The van der Waals surface area contributed by atoms with Crippen LogP contribution in [0.25, 0.3) is 11.4 Å². The Kier molecular flexibility index (Phi) is 5.84. The van der Waals surface area contributed by atoms with E-state index < -0.39 is 6.04 Å². The number of carbonyl (C=O) groups excluding carboxylic acids is 2. The zero-order chi connectivity index (χ0) is 21.6. The second-order valence-electron chi connectivity index (χ2n) is 6.77. The molecule has 0 aliphatic heterocycles. The molecule has 9 nitrogen and oxygen atoms in total. The summed E-state index contributed by atoms with van der Waals surface area (Å²) in [7, 11) is 0. The van der Waals surface area contributed by atoms with Crippen LogP contribution < -0.4 is 10.6 Å². The fourth-order valence-electron chi connectivity index (χ4n) is 2.90. The number of hydrogen-bond acceptors (Lipinski definition) is 6. The Labute approximate surface area is 178 Å². The Hall–Kier alpha value is -4.27. The summed E-state index contributed by atoms with van der Waals surface area (Å²) >= 11 is 0. The summed E-state index contributed by atoms with van der Waals surface area (Å²) < 4.78 is 5.22. The highest BCUT2D eigenvalue weighted by Gasteiger charge is 2.21. The van der Waals surface area contributed by atoms with Crippen molar-refractivity contribution in [3.05, 3.63) is 84.3 Å². The second-order valence-corrected chi connectivity index (χ2v) is 6.77. The highest BCUT2D eigenvalue weighted by atomic mass is 16.3. The zero-order valence-electron chi connectivity index (χ0n) is 16.7. The number of carbonyl (C=O) groups is 2. The van der Waals surface area contributed by atoms with Crippen molar-refractivity contribution >= 4 is 17.5 Å². The fourth-order valence-corrected chi connectivity index (χ4v) is 2.90. The van der Waals surface area contributed by atoms with E-state index in [1.165, 1.54) is 4.80 Å². The molecule has 0 saturated carbocycles. The molecule has 2 N–H and O–H groups in total. The Bertz CT molecular complexity index is 1170. The molecule has 9 heteroatoms. The average molecular weight is 416 g/mol. The quantitative estimate of drug-likeness (QED) is 0.478. The molecule has 2 aromatic heterocycles. The number of benzene rings is 2. The van der Waals surface area contributed by atoms with Crippen molar-refractivity contribution in [3.8, 4) is 11.4 Å². The molecule has 0 aliphatic rings. The number of nitrogens with one attached hydrogen (secondary N) is 2. The van der Waals surface area contributed by atoms with Crippen molar-refractivity contribution in [2.24, 2.45) is 0 Å². The first-order chi connectivity index (χ1) is 15.1. The van der Waals surface area contributed by atoms with Gasteiger partial charge in [-0.05, 0) is 36.4 Å². The third-order valence-electron chi connectivity index (χ3n) is 4.62. The number of tetrazole rings is 1. The van der Waals surface area contributed by atoms with Crippen LogP contribution in [0, 0.1) is 0 Å². The highest BCUT2D eigenvalue weighted by Crippen LogP contribution is 2.18. The summed E-state index contributed by atoms with van der Waals surface area (Å²) in [5.41, 5.74) is 1.53. The van der Waals surface area contributed by atoms with Gasteiger partial charge in [0.15, 0.2) is 0 Å². The Morgan fingerprint density at radius 2 is 1.81 bits per heavy atom. The molecule has 0 aliphatic carbocycles. The lowest BCUT2D eigenvalue weighted by atomic mass is 10.1. The van der Waals surface area contributed by atoms with Crippen LogP contribution in [0.4, 0.5) is 5.69 Å². The van der Waals surface area contributed by atoms with Crippen molar-refractivity contribution in [1.82, 2.24) is 25.5 Å². The SMILES string of the molecule is CC(C(=O)Nc1ccccc1C(=O)NCc1ccco1)n1nnc(-c2ccccc2)n1. The smallest absolute Gasteiger partial charge is 0.253 e. The molecule has 2 aromatic carbocycles. The van der Waals surface area contributed by atoms with Gasteiger partial charge in [0.2, 0.25) is 5.82 Å². The Balaban J connectivity index is 1.45. The molecule has 0 saturated heterocycles. The van der Waals surface area contributed by atoms with E-state index in [1.807, 2.05) is 30.3 Å². The molecule has 1 unspecified atom stereocenters. The maximum atomic E-state index is 12.8. The third kappa shape index (κ3) is 4.67. The van der Waals surface area contributed by atoms with Crippen LogP contribution >= 0.6 is 0 Å². The maximum Gasteiger partial charge on any atom is 0.253 e. The Morgan fingerprint density at radius 3 is 2.58 bits per heavy atom. The number of aromatic nitrogens is 4. The largest absolute Gasteiger partial charge is 0.467 e. The van der Waals surface area contributed by atoms with Gasteiger partial charge in [0.25, 0.3) is 11.8 Å². The maximum absolute atomic E-state index is 12.8. The normalized spacial score (nSPS) is 11.6. The molecule has 0 spiro atoms. The summed E-state index contributed by atoms with van der Waals surface area (Å²) in [6.07, 6.45) is 1.54. The van der Waals surface area contributed by atoms with Gasteiger partial charge in [-0.15, -0.1) is 10.2 Å². The van der Waals surface area contributed by atoms with E-state index in [4.69, 9.17) is 4.42 Å². The molecule has 4 aromatic rings. The van der Waals surface area contributed by atoms with Gasteiger partial charge in [0, 0.05) is 5.56 Å². The lowest BCUT2D eigenvalue weighted by Crippen LogP contribution is -2.28. The lowest BCUT2D eigenvalue weighted by Gasteiger charge is -2.14. The zero-order valence-corrected chi connectivity index (χ0v) is 16.7. The standard InChI is InChI=1S/C22H20N6O3/c1-15(28-26-20(25-27-28)16-8-3-2-4-9-16)21(29)24-19-12-6-5-11-18(19)22(30)23-14-17-10-7-13-31-17/h2-13,15H,14H2,1H3,(H,23,30)(H,24,29). The molecule has 0 bridgehead atoms. The van der Waals surface area contributed by atoms with Gasteiger partial charge in [-0.3, -0.25) is 9.59 Å². The summed E-state index contributed by atoms with van der Waals surface area (Å²) in [5.74, 6) is 0.362. The molecule has 1 atom stereocenters. The van der Waals surface area contributed by atoms with Crippen molar-refractivity contribution in [2.75, 3.05) is 5.32 Å². The first-order valence-corrected chi connectivity index (χ1v) is 9.67. The van der Waals surface area contributed by atoms with Gasteiger partial charge in [0.1, 0.15) is 11.8 Å². The lowest BCUT2D eigenvalue weighted by molar-refractivity contribution is -0.119. The third-order valence-corrected chi connectivity index (χ3v) is 4.62. The van der Waals surface area contributed by atoms with E-state index in [9.17, 15) is 9.59 Å². The van der Waals surface area contributed by atoms with E-state index in [2.05, 4.69) is 26.0 Å². The van der Waals surface area contributed by atoms with Crippen LogP contribution in [0.15, 0.2) is 77.4 Å². The summed E-state index contributed by atoms with van der Waals surface area (Å²) in [6, 6.07) is 18.9. The molecule has 2 heterocycles. The predicted octanol–water partition coefficient (Wildman–Crippen LogP) is 3.06. The minimum Gasteiger partial charge on any atom is -0.467 e. The van der Waals surface area contributed by atoms with Crippen LogP contribution in [-0.2, 0) is 11.3 Å². The first kappa shape index (κ1) is 20.0. The van der Waals surface area contributed by atoms with Crippen LogP contribution in [0.5, 0.6) is 0 Å². The van der Waals surface area contributed by atoms with E-state index >= 15 is 0 Å². The van der Waals surface area contributed by atoms with Crippen LogP contribution in [0.3, 0.4) is 0 Å². The van der Waals surface area contributed by atoms with E-state index in [0.29, 0.717) is 22.8 Å². The van der Waals surface area contributed by atoms with Gasteiger partial charge in [-0.2, -0.15) is 4.80 Å². The van der Waals surface area contributed by atoms with Crippen molar-refractivity contribution < 1.29 is 14.0 Å². The minimum atomic E-state index is -0.732. The number of hydrogen-bond donors (Lipinski definition) is 2. The average Bonchev–Trinajstić information content (AvgIpc) is 3.50. The van der Waals surface area contributed by atoms with Crippen molar-refractivity contribution in [1.29, 1.82) is 0 Å². The van der Waals surface area contributed by atoms with Crippen molar-refractivity contribution in [3.63, 3.8) is 0 Å². The van der Waals surface area contributed by atoms with Crippen LogP contribution in [0.2, 0.25) is 0 Å². The number of nitrogens with zero attached hydrogens (tertiary/aromatic N) is 4. The topological polar surface area (TPSA) is 115 Å². The molecular weight excluding hydrogens is 396 g/mol. The van der Waals surface area contributed by atoms with Gasteiger partial charge in [0.05, 0.1) is 24.1 Å². The first-order valence-electron chi connectivity index (χ1n) is 9.67. The Morgan fingerprint density at radius 1 is 1.03 bits per heavy atom. The molecule has 4 rings (SSSR count). The number of para-hydroxylation sites is 1. The summed E-state index contributed by atoms with van der Waals surface area (Å²) in [5, 5.41) is 17.9. The fraction of sp³-hybridized carbons (Fsp3) is 0.136. The highest BCUT2D eigenvalue weighted by molar-refractivity contribution is 6.04. The van der Waals surface area contributed by atoms with E-state index in [-0.39, 0.29) is 18.4 Å². The van der Waals surface area contributed by atoms with Crippen LogP contribution in [0.1, 0.15) is 29.1 Å². The monoisotopic (exact) mass is 416 g/mol. The molecule has 0 radical (unpaired) electrons. The molecule has 31 heavy (non-hydrogen) atoms. The second kappa shape index (κ2) is 9.04. The molecular formula is C22H20N6O3. The summed E-state index contributed by atoms with van der Waals surface area (Å²) in [6.45, 7) is 1.90.